The second-order valence-corrected chi connectivity index (χ2v) is 6.33. The van der Waals surface area contributed by atoms with Gasteiger partial charge in [0.15, 0.2) is 5.11 Å². The van der Waals surface area contributed by atoms with E-state index in [9.17, 15) is 4.79 Å². The molecule has 4 rings (SSSR count). The van der Waals surface area contributed by atoms with E-state index in [2.05, 4.69) is 34.9 Å². The standard InChI is InChI=1S/C15H16N2OS/c18-13-15(17-14(19)16-13)11-5-6-12(15)8-10-4-2-1-3-9(10)7-11/h1-4,11-12H,5-8H2,(H2,16,17,18,19). The molecule has 4 heteroatoms. The fraction of sp³-hybridized carbons (Fsp3) is 0.467. The molecule has 1 saturated carbocycles. The number of fused-ring (bicyclic) bond motifs is 1. The lowest BCUT2D eigenvalue weighted by molar-refractivity contribution is -0.126. The Morgan fingerprint density at radius 2 is 1.68 bits per heavy atom. The molecule has 1 spiro atoms. The number of thiocarbonyl (C=S) groups is 1. The van der Waals surface area contributed by atoms with Crippen LogP contribution < -0.4 is 10.6 Å². The monoisotopic (exact) mass is 272 g/mol. The fourth-order valence-corrected chi connectivity index (χ4v) is 4.52. The summed E-state index contributed by atoms with van der Waals surface area (Å²) >= 11 is 5.17. The molecule has 2 aliphatic carbocycles. The number of carbonyl (C=O) groups excluding carboxylic acids is 1. The summed E-state index contributed by atoms with van der Waals surface area (Å²) in [6, 6.07) is 8.60. The minimum Gasteiger partial charge on any atom is -0.348 e. The Morgan fingerprint density at radius 3 is 2.16 bits per heavy atom. The maximum atomic E-state index is 12.5. The van der Waals surface area contributed by atoms with Crippen LogP contribution in [0.4, 0.5) is 0 Å². The third-order valence-corrected chi connectivity index (χ3v) is 5.33. The normalized spacial score (nSPS) is 35.8. The first-order valence-electron chi connectivity index (χ1n) is 6.90. The average molecular weight is 272 g/mol. The molecule has 1 saturated heterocycles. The molecule has 1 aromatic rings. The van der Waals surface area contributed by atoms with Gasteiger partial charge in [0.25, 0.3) is 5.91 Å². The molecule has 2 bridgehead atoms. The van der Waals surface area contributed by atoms with Gasteiger partial charge in [-0.15, -0.1) is 0 Å². The highest BCUT2D eigenvalue weighted by Gasteiger charge is 2.59. The Bertz CT molecular complexity index is 550. The van der Waals surface area contributed by atoms with Crippen LogP contribution in [0.3, 0.4) is 0 Å². The van der Waals surface area contributed by atoms with Crippen molar-refractivity contribution in [1.82, 2.24) is 10.6 Å². The maximum absolute atomic E-state index is 12.5. The molecule has 1 aliphatic heterocycles. The van der Waals surface area contributed by atoms with Crippen LogP contribution in [0.5, 0.6) is 0 Å². The highest BCUT2D eigenvalue weighted by atomic mass is 32.1. The smallest absolute Gasteiger partial charge is 0.252 e. The van der Waals surface area contributed by atoms with E-state index >= 15 is 0 Å². The zero-order valence-electron chi connectivity index (χ0n) is 10.6. The van der Waals surface area contributed by atoms with E-state index in [1.165, 1.54) is 11.1 Å². The Morgan fingerprint density at radius 1 is 1.11 bits per heavy atom. The number of carbonyl (C=O) groups is 1. The van der Waals surface area contributed by atoms with Gasteiger partial charge in [0.2, 0.25) is 0 Å². The molecule has 98 valence electrons. The Kier molecular flexibility index (Phi) is 2.28. The van der Waals surface area contributed by atoms with E-state index in [0.29, 0.717) is 16.9 Å². The number of hydrogen-bond donors (Lipinski definition) is 2. The minimum absolute atomic E-state index is 0.0952. The summed E-state index contributed by atoms with van der Waals surface area (Å²) in [5.74, 6) is 0.820. The molecular formula is C15H16N2OS. The largest absolute Gasteiger partial charge is 0.348 e. The Hall–Kier alpha value is -1.42. The first-order valence-corrected chi connectivity index (χ1v) is 7.31. The number of hydrogen-bond acceptors (Lipinski definition) is 2. The van der Waals surface area contributed by atoms with Crippen LogP contribution in [0.25, 0.3) is 0 Å². The molecule has 2 fully saturated rings. The van der Waals surface area contributed by atoms with Crippen molar-refractivity contribution >= 4 is 23.2 Å². The Labute approximate surface area is 117 Å². The van der Waals surface area contributed by atoms with Crippen LogP contribution in [0.15, 0.2) is 24.3 Å². The highest BCUT2D eigenvalue weighted by molar-refractivity contribution is 7.80. The van der Waals surface area contributed by atoms with Crippen LogP contribution in [-0.4, -0.2) is 16.6 Å². The highest BCUT2D eigenvalue weighted by Crippen LogP contribution is 2.48. The second kappa shape index (κ2) is 3.79. The van der Waals surface area contributed by atoms with Crippen molar-refractivity contribution in [1.29, 1.82) is 0 Å². The molecule has 3 aliphatic rings. The third-order valence-electron chi connectivity index (χ3n) is 5.13. The Balaban J connectivity index is 1.82. The molecule has 3 nitrogen and oxygen atoms in total. The van der Waals surface area contributed by atoms with Crippen molar-refractivity contribution in [3.05, 3.63) is 35.4 Å². The van der Waals surface area contributed by atoms with E-state index in [4.69, 9.17) is 12.2 Å². The van der Waals surface area contributed by atoms with Gasteiger partial charge in [0, 0.05) is 0 Å². The van der Waals surface area contributed by atoms with Gasteiger partial charge in [-0.2, -0.15) is 0 Å². The molecule has 2 atom stereocenters. The zero-order valence-corrected chi connectivity index (χ0v) is 11.4. The van der Waals surface area contributed by atoms with Gasteiger partial charge in [-0.1, -0.05) is 24.3 Å². The summed E-state index contributed by atoms with van der Waals surface area (Å²) in [7, 11) is 0. The van der Waals surface area contributed by atoms with Crippen molar-refractivity contribution < 1.29 is 4.79 Å². The summed E-state index contributed by atoms with van der Waals surface area (Å²) in [6.07, 6.45) is 4.19. The summed E-state index contributed by atoms with van der Waals surface area (Å²) in [4.78, 5) is 12.5. The van der Waals surface area contributed by atoms with Crippen LogP contribution in [-0.2, 0) is 17.6 Å². The quantitative estimate of drug-likeness (QED) is 0.704. The summed E-state index contributed by atoms with van der Waals surface area (Å²) < 4.78 is 0. The molecule has 19 heavy (non-hydrogen) atoms. The van der Waals surface area contributed by atoms with Gasteiger partial charge >= 0.3 is 0 Å². The van der Waals surface area contributed by atoms with Crippen LogP contribution in [0.2, 0.25) is 0 Å². The van der Waals surface area contributed by atoms with E-state index in [-0.39, 0.29) is 5.91 Å². The first-order chi connectivity index (χ1) is 9.20. The zero-order chi connectivity index (χ0) is 13.0. The van der Waals surface area contributed by atoms with Crippen molar-refractivity contribution in [2.24, 2.45) is 11.8 Å². The number of nitrogens with one attached hydrogen (secondary N) is 2. The lowest BCUT2D eigenvalue weighted by atomic mass is 9.79. The van der Waals surface area contributed by atoms with Gasteiger partial charge in [-0.25, -0.2) is 0 Å². The molecule has 2 N–H and O–H groups in total. The second-order valence-electron chi connectivity index (χ2n) is 5.93. The minimum atomic E-state index is -0.448. The fourth-order valence-electron chi connectivity index (χ4n) is 4.26. The van der Waals surface area contributed by atoms with E-state index < -0.39 is 5.54 Å². The van der Waals surface area contributed by atoms with Crippen molar-refractivity contribution in [2.45, 2.75) is 31.2 Å². The lowest BCUT2D eigenvalue weighted by Crippen LogP contribution is -2.55. The molecule has 0 radical (unpaired) electrons. The molecule has 1 amide bonds. The third kappa shape index (κ3) is 1.43. The van der Waals surface area contributed by atoms with E-state index in [1.807, 2.05) is 0 Å². The summed E-state index contributed by atoms with van der Waals surface area (Å²) in [5, 5.41) is 6.65. The van der Waals surface area contributed by atoms with Crippen molar-refractivity contribution in [3.63, 3.8) is 0 Å². The molecule has 2 unspecified atom stereocenters. The van der Waals surface area contributed by atoms with Crippen LogP contribution in [0, 0.1) is 11.8 Å². The lowest BCUT2D eigenvalue weighted by Gasteiger charge is -2.32. The van der Waals surface area contributed by atoms with Gasteiger partial charge in [-0.3, -0.25) is 4.79 Å². The van der Waals surface area contributed by atoms with Crippen molar-refractivity contribution in [2.75, 3.05) is 0 Å². The van der Waals surface area contributed by atoms with Gasteiger partial charge in [0.1, 0.15) is 5.54 Å². The molecule has 0 aromatic heterocycles. The number of amides is 1. The van der Waals surface area contributed by atoms with Crippen LogP contribution >= 0.6 is 12.2 Å². The van der Waals surface area contributed by atoms with Gasteiger partial charge < -0.3 is 10.6 Å². The number of benzene rings is 1. The summed E-state index contributed by atoms with van der Waals surface area (Å²) in [5.41, 5.74) is 2.36. The van der Waals surface area contributed by atoms with Crippen molar-refractivity contribution in [3.8, 4) is 0 Å². The maximum Gasteiger partial charge on any atom is 0.252 e. The first kappa shape index (κ1) is 11.4. The molecular weight excluding hydrogens is 256 g/mol. The average Bonchev–Trinajstić information content (AvgIpc) is 2.79. The summed E-state index contributed by atoms with van der Waals surface area (Å²) in [6.45, 7) is 0. The van der Waals surface area contributed by atoms with E-state index in [1.54, 1.807) is 0 Å². The van der Waals surface area contributed by atoms with E-state index in [0.717, 1.165) is 25.7 Å². The van der Waals surface area contributed by atoms with Gasteiger partial charge in [-0.05, 0) is 60.9 Å². The SMILES string of the molecule is O=C1NC(=S)NC12C1CCC2Cc2ccccc2C1. The predicted octanol–water partition coefficient (Wildman–Crippen LogP) is 1.55. The van der Waals surface area contributed by atoms with Gasteiger partial charge in [0.05, 0.1) is 0 Å². The number of rotatable bonds is 0. The van der Waals surface area contributed by atoms with Crippen LogP contribution in [0.1, 0.15) is 24.0 Å². The molecule has 1 aromatic carbocycles. The topological polar surface area (TPSA) is 41.1 Å². The predicted molar refractivity (Wildman–Crippen MR) is 76.7 cm³/mol. The molecule has 1 heterocycles.